The van der Waals surface area contributed by atoms with Gasteiger partial charge in [0.1, 0.15) is 26.7 Å². The van der Waals surface area contributed by atoms with E-state index in [2.05, 4.69) is 56.8 Å². The van der Waals surface area contributed by atoms with Crippen LogP contribution in [0.4, 0.5) is 10.7 Å². The first kappa shape index (κ1) is 23.5. The molecule has 1 amide bonds. The molecule has 0 spiro atoms. The molecule has 2 aromatic rings. The number of hydrogen-bond donors (Lipinski definition) is 1. The molecule has 31 heavy (non-hydrogen) atoms. The van der Waals surface area contributed by atoms with Crippen molar-refractivity contribution in [1.29, 1.82) is 0 Å². The first-order chi connectivity index (χ1) is 14.4. The second-order valence-corrected chi connectivity index (χ2v) is 9.93. The molecule has 11 heteroatoms. The Morgan fingerprint density at radius 1 is 1.32 bits per heavy atom. The molecule has 0 unspecified atom stereocenters. The van der Waals surface area contributed by atoms with E-state index in [1.165, 1.54) is 6.92 Å². The highest BCUT2D eigenvalue weighted by Gasteiger charge is 2.36. The molecule has 1 aliphatic heterocycles. The standard InChI is InChI=1S/C20H29IN6O4/c1-11(2)17-24-16(21)14-9-22-18(25-27(14)17)23-13-7-8-26(10-15(13)30-12(3)28)19(29)31-20(4,5)6/h9,11,13,15H,7-8,10H2,1-6H3,(H,23,25)/t13-,15-/m1/s1. The minimum Gasteiger partial charge on any atom is -0.458 e. The van der Waals surface area contributed by atoms with Crippen molar-refractivity contribution in [2.45, 2.75) is 71.6 Å². The zero-order chi connectivity index (χ0) is 22.9. The number of esters is 1. The summed E-state index contributed by atoms with van der Waals surface area (Å²) in [5.74, 6) is 1.05. The van der Waals surface area contributed by atoms with Crippen LogP contribution in [0.3, 0.4) is 0 Å². The molecule has 2 atom stereocenters. The molecular formula is C20H29IN6O4. The Morgan fingerprint density at radius 2 is 2.03 bits per heavy atom. The lowest BCUT2D eigenvalue weighted by Gasteiger charge is -2.38. The minimum atomic E-state index is -0.594. The number of anilines is 1. The molecule has 10 nitrogen and oxygen atoms in total. The normalized spacial score (nSPS) is 19.5. The molecule has 2 aromatic heterocycles. The van der Waals surface area contributed by atoms with Gasteiger partial charge in [-0.15, -0.1) is 5.10 Å². The van der Waals surface area contributed by atoms with Crippen LogP contribution in [0.5, 0.6) is 0 Å². The Morgan fingerprint density at radius 3 is 2.65 bits per heavy atom. The first-order valence-corrected chi connectivity index (χ1v) is 11.4. The highest BCUT2D eigenvalue weighted by atomic mass is 127. The summed E-state index contributed by atoms with van der Waals surface area (Å²) < 4.78 is 13.6. The number of ether oxygens (including phenoxy) is 2. The summed E-state index contributed by atoms with van der Waals surface area (Å²) >= 11 is 2.17. The van der Waals surface area contributed by atoms with Crippen LogP contribution in [0.25, 0.3) is 5.52 Å². The fourth-order valence-electron chi connectivity index (χ4n) is 3.38. The van der Waals surface area contributed by atoms with E-state index in [9.17, 15) is 9.59 Å². The molecular weight excluding hydrogens is 515 g/mol. The molecule has 1 N–H and O–H groups in total. The van der Waals surface area contributed by atoms with Gasteiger partial charge in [0.2, 0.25) is 5.95 Å². The van der Waals surface area contributed by atoms with E-state index in [4.69, 9.17) is 9.47 Å². The Balaban J connectivity index is 1.79. The average Bonchev–Trinajstić information content (AvgIpc) is 2.98. The van der Waals surface area contributed by atoms with Crippen LogP contribution >= 0.6 is 22.6 Å². The van der Waals surface area contributed by atoms with Crippen LogP contribution in [0.2, 0.25) is 0 Å². The molecule has 1 saturated heterocycles. The van der Waals surface area contributed by atoms with Gasteiger partial charge in [-0.2, -0.15) is 0 Å². The number of hydrogen-bond acceptors (Lipinski definition) is 8. The largest absolute Gasteiger partial charge is 0.458 e. The summed E-state index contributed by atoms with van der Waals surface area (Å²) in [7, 11) is 0. The van der Waals surface area contributed by atoms with Gasteiger partial charge in [0.05, 0.1) is 18.8 Å². The Bertz CT molecular complexity index is 970. The van der Waals surface area contributed by atoms with Crippen LogP contribution in [-0.2, 0) is 14.3 Å². The summed E-state index contributed by atoms with van der Waals surface area (Å²) in [6, 6.07) is -0.245. The van der Waals surface area contributed by atoms with E-state index < -0.39 is 23.8 Å². The number of fused-ring (bicyclic) bond motifs is 1. The highest BCUT2D eigenvalue weighted by molar-refractivity contribution is 14.1. The molecule has 0 aromatic carbocycles. The lowest BCUT2D eigenvalue weighted by atomic mass is 10.0. The summed E-state index contributed by atoms with van der Waals surface area (Å²) in [5.41, 5.74) is 0.245. The van der Waals surface area contributed by atoms with E-state index >= 15 is 0 Å². The minimum absolute atomic E-state index is 0.199. The van der Waals surface area contributed by atoms with Gasteiger partial charge in [-0.3, -0.25) is 4.79 Å². The molecule has 0 saturated carbocycles. The number of carbonyl (C=O) groups excluding carboxylic acids is 2. The van der Waals surface area contributed by atoms with Gasteiger partial charge < -0.3 is 19.7 Å². The van der Waals surface area contributed by atoms with Crippen LogP contribution in [0, 0.1) is 3.70 Å². The van der Waals surface area contributed by atoms with E-state index in [1.54, 1.807) is 15.6 Å². The molecule has 0 radical (unpaired) electrons. The number of amides is 1. The SMILES string of the molecule is CC(=O)O[C@@H]1CN(C(=O)OC(C)(C)C)CC[C@H]1Nc1ncc2c(I)nc(C(C)C)n2n1. The summed E-state index contributed by atoms with van der Waals surface area (Å²) in [5, 5.41) is 7.89. The highest BCUT2D eigenvalue weighted by Crippen LogP contribution is 2.23. The number of nitrogens with zero attached hydrogens (tertiary/aromatic N) is 5. The number of piperidine rings is 1. The third-order valence-electron chi connectivity index (χ3n) is 4.73. The zero-order valence-corrected chi connectivity index (χ0v) is 20.8. The number of imidazole rings is 1. The second-order valence-electron chi connectivity index (χ2n) is 8.91. The van der Waals surface area contributed by atoms with Gasteiger partial charge in [-0.25, -0.2) is 19.3 Å². The molecule has 0 bridgehead atoms. The molecule has 1 aliphatic rings. The van der Waals surface area contributed by atoms with Crippen molar-refractivity contribution in [3.8, 4) is 0 Å². The average molecular weight is 544 g/mol. The van der Waals surface area contributed by atoms with Crippen molar-refractivity contribution in [1.82, 2.24) is 24.5 Å². The fourth-order valence-corrected chi connectivity index (χ4v) is 4.00. The predicted octanol–water partition coefficient (Wildman–Crippen LogP) is 3.21. The topological polar surface area (TPSA) is 111 Å². The number of halogens is 1. The van der Waals surface area contributed by atoms with Crippen molar-refractivity contribution < 1.29 is 19.1 Å². The van der Waals surface area contributed by atoms with Crippen molar-refractivity contribution in [2.24, 2.45) is 0 Å². The third-order valence-corrected chi connectivity index (χ3v) is 5.53. The van der Waals surface area contributed by atoms with Gasteiger partial charge in [-0.1, -0.05) is 13.8 Å². The second kappa shape index (κ2) is 9.13. The molecule has 170 valence electrons. The monoisotopic (exact) mass is 544 g/mol. The van der Waals surface area contributed by atoms with E-state index in [0.29, 0.717) is 18.9 Å². The van der Waals surface area contributed by atoms with Gasteiger partial charge in [0.25, 0.3) is 0 Å². The van der Waals surface area contributed by atoms with Crippen LogP contribution in [0.1, 0.15) is 59.7 Å². The fraction of sp³-hybridized carbons (Fsp3) is 0.650. The Labute approximate surface area is 195 Å². The zero-order valence-electron chi connectivity index (χ0n) is 18.7. The van der Waals surface area contributed by atoms with E-state index in [1.807, 2.05) is 20.8 Å². The Kier molecular flexibility index (Phi) is 6.92. The van der Waals surface area contributed by atoms with Crippen LogP contribution < -0.4 is 5.32 Å². The predicted molar refractivity (Wildman–Crippen MR) is 123 cm³/mol. The number of likely N-dealkylation sites (tertiary alicyclic amines) is 1. The smallest absolute Gasteiger partial charge is 0.410 e. The van der Waals surface area contributed by atoms with Gasteiger partial charge in [-0.05, 0) is 49.8 Å². The first-order valence-electron chi connectivity index (χ1n) is 10.3. The van der Waals surface area contributed by atoms with Crippen molar-refractivity contribution >= 4 is 46.1 Å². The Hall–Kier alpha value is -2.18. The van der Waals surface area contributed by atoms with Crippen molar-refractivity contribution in [3.05, 3.63) is 15.7 Å². The maximum atomic E-state index is 12.5. The number of aromatic nitrogens is 4. The van der Waals surface area contributed by atoms with Crippen LogP contribution in [0.15, 0.2) is 6.20 Å². The number of nitrogens with one attached hydrogen (secondary N) is 1. The van der Waals surface area contributed by atoms with E-state index in [-0.39, 0.29) is 18.5 Å². The van der Waals surface area contributed by atoms with Gasteiger partial charge in [0, 0.05) is 19.4 Å². The van der Waals surface area contributed by atoms with E-state index in [0.717, 1.165) is 15.0 Å². The van der Waals surface area contributed by atoms with Crippen LogP contribution in [-0.4, -0.2) is 67.4 Å². The quantitative estimate of drug-likeness (QED) is 0.462. The maximum Gasteiger partial charge on any atom is 0.410 e. The van der Waals surface area contributed by atoms with Gasteiger partial charge >= 0.3 is 12.1 Å². The number of rotatable bonds is 4. The molecule has 3 heterocycles. The molecule has 0 aliphatic carbocycles. The summed E-state index contributed by atoms with van der Waals surface area (Å²) in [6.07, 6.45) is 1.31. The van der Waals surface area contributed by atoms with Crippen molar-refractivity contribution in [3.63, 3.8) is 0 Å². The third kappa shape index (κ3) is 5.74. The summed E-state index contributed by atoms with van der Waals surface area (Å²) in [6.45, 7) is 11.6. The lowest BCUT2D eigenvalue weighted by Crippen LogP contribution is -2.54. The van der Waals surface area contributed by atoms with Gasteiger partial charge in [0.15, 0.2) is 0 Å². The molecule has 1 fully saturated rings. The lowest BCUT2D eigenvalue weighted by molar-refractivity contribution is -0.149. The van der Waals surface area contributed by atoms with Crippen molar-refractivity contribution in [2.75, 3.05) is 18.4 Å². The molecule has 3 rings (SSSR count). The maximum absolute atomic E-state index is 12.5. The number of carbonyl (C=O) groups is 2. The summed E-state index contributed by atoms with van der Waals surface area (Å²) in [4.78, 5) is 34.7.